The number of carbonyl (C=O) groups excluding carboxylic acids is 1. The van der Waals surface area contributed by atoms with Gasteiger partial charge in [-0.15, -0.1) is 0 Å². The van der Waals surface area contributed by atoms with Crippen molar-refractivity contribution in [1.82, 2.24) is 14.8 Å². The zero-order valence-electron chi connectivity index (χ0n) is 16.5. The minimum absolute atomic E-state index is 0.0559. The Balaban J connectivity index is 1.70. The van der Waals surface area contributed by atoms with Crippen LogP contribution in [0.1, 0.15) is 19.4 Å². The predicted octanol–water partition coefficient (Wildman–Crippen LogP) is 4.07. The number of aromatic nitrogens is 1. The van der Waals surface area contributed by atoms with Crippen molar-refractivity contribution < 1.29 is 4.79 Å². The van der Waals surface area contributed by atoms with Crippen LogP contribution >= 0.6 is 0 Å². The lowest BCUT2D eigenvalue weighted by Gasteiger charge is -2.18. The Labute approximate surface area is 161 Å². The first-order valence-corrected chi connectivity index (χ1v) is 9.75. The van der Waals surface area contributed by atoms with Crippen molar-refractivity contribution in [3.8, 4) is 11.1 Å². The fraction of sp³-hybridized carbons (Fsp3) is 0.348. The topological polar surface area (TPSA) is 37.3 Å². The Bertz CT molecular complexity index is 892. The highest BCUT2D eigenvalue weighted by molar-refractivity contribution is 5.87. The number of aryl methyl sites for hydroxylation is 1. The molecule has 0 fully saturated rings. The third-order valence-corrected chi connectivity index (χ3v) is 5.12. The maximum Gasteiger partial charge on any atom is 0.239 e. The monoisotopic (exact) mass is 363 g/mol. The molecule has 1 amide bonds. The molecule has 0 aliphatic heterocycles. The molecule has 0 aliphatic rings. The van der Waals surface area contributed by atoms with Crippen molar-refractivity contribution in [2.24, 2.45) is 0 Å². The van der Waals surface area contributed by atoms with Crippen molar-refractivity contribution in [3.05, 3.63) is 60.3 Å². The van der Waals surface area contributed by atoms with E-state index in [-0.39, 0.29) is 5.91 Å². The van der Waals surface area contributed by atoms with Crippen molar-refractivity contribution in [3.63, 3.8) is 0 Å². The van der Waals surface area contributed by atoms with Crippen molar-refractivity contribution >= 4 is 16.8 Å². The molecule has 142 valence electrons. The molecule has 2 aromatic carbocycles. The van der Waals surface area contributed by atoms with Gasteiger partial charge in [0.05, 0.1) is 0 Å². The number of nitrogens with zero attached hydrogens (tertiary/aromatic N) is 2. The molecule has 1 N–H and O–H groups in total. The molecular formula is C23H29N3O. The van der Waals surface area contributed by atoms with Crippen LogP contribution in [0.5, 0.6) is 0 Å². The molecule has 27 heavy (non-hydrogen) atoms. The van der Waals surface area contributed by atoms with Gasteiger partial charge in [0.1, 0.15) is 6.54 Å². The average molecular weight is 364 g/mol. The highest BCUT2D eigenvalue weighted by Gasteiger charge is 2.08. The Morgan fingerprint density at radius 1 is 1.00 bits per heavy atom. The van der Waals surface area contributed by atoms with Crippen molar-refractivity contribution in [2.45, 2.75) is 27.3 Å². The standard InChI is InChI=1S/C23H29N3O/c1-4-25(5-2)15-13-24-23(27)17-26-14-12-20-10-11-21(16-22(20)26)19-8-6-18(3)7-9-19/h6-12,14,16H,4-5,13,15,17H2,1-3H3,(H,24,27). The smallest absolute Gasteiger partial charge is 0.239 e. The summed E-state index contributed by atoms with van der Waals surface area (Å²) in [6, 6.07) is 17.0. The summed E-state index contributed by atoms with van der Waals surface area (Å²) < 4.78 is 2.03. The Hall–Kier alpha value is -2.59. The summed E-state index contributed by atoms with van der Waals surface area (Å²) >= 11 is 0. The van der Waals surface area contributed by atoms with E-state index in [0.29, 0.717) is 13.1 Å². The highest BCUT2D eigenvalue weighted by Crippen LogP contribution is 2.25. The minimum Gasteiger partial charge on any atom is -0.353 e. The van der Waals surface area contributed by atoms with E-state index in [1.54, 1.807) is 0 Å². The number of fused-ring (bicyclic) bond motifs is 1. The van der Waals surface area contributed by atoms with Gasteiger partial charge in [0.25, 0.3) is 0 Å². The zero-order chi connectivity index (χ0) is 19.2. The van der Waals surface area contributed by atoms with Gasteiger partial charge in [-0.2, -0.15) is 0 Å². The first kappa shape index (κ1) is 19.2. The van der Waals surface area contributed by atoms with Crippen LogP contribution in [-0.2, 0) is 11.3 Å². The second-order valence-corrected chi connectivity index (χ2v) is 6.96. The normalized spacial score (nSPS) is 11.3. The number of nitrogens with one attached hydrogen (secondary N) is 1. The second kappa shape index (κ2) is 8.87. The Morgan fingerprint density at radius 3 is 2.41 bits per heavy atom. The van der Waals surface area contributed by atoms with E-state index in [1.807, 2.05) is 10.8 Å². The van der Waals surface area contributed by atoms with Crippen LogP contribution in [0.3, 0.4) is 0 Å². The quantitative estimate of drug-likeness (QED) is 0.655. The molecule has 1 aromatic heterocycles. The van der Waals surface area contributed by atoms with E-state index in [0.717, 1.165) is 30.5 Å². The summed E-state index contributed by atoms with van der Waals surface area (Å²) in [6.07, 6.45) is 1.99. The molecule has 0 saturated carbocycles. The van der Waals surface area contributed by atoms with E-state index in [1.165, 1.54) is 16.7 Å². The van der Waals surface area contributed by atoms with Crippen molar-refractivity contribution in [2.75, 3.05) is 26.2 Å². The van der Waals surface area contributed by atoms with Gasteiger partial charge in [0.2, 0.25) is 5.91 Å². The molecule has 0 radical (unpaired) electrons. The molecule has 0 bridgehead atoms. The molecule has 4 nitrogen and oxygen atoms in total. The maximum absolute atomic E-state index is 12.4. The molecule has 0 spiro atoms. The first-order valence-electron chi connectivity index (χ1n) is 9.75. The van der Waals surface area contributed by atoms with Crippen LogP contribution < -0.4 is 5.32 Å². The molecule has 0 saturated heterocycles. The highest BCUT2D eigenvalue weighted by atomic mass is 16.1. The number of likely N-dealkylation sites (N-methyl/N-ethyl adjacent to an activating group) is 1. The minimum atomic E-state index is 0.0559. The molecular weight excluding hydrogens is 334 g/mol. The molecule has 1 heterocycles. The number of benzene rings is 2. The number of hydrogen-bond acceptors (Lipinski definition) is 2. The summed E-state index contributed by atoms with van der Waals surface area (Å²) in [5.41, 5.74) is 4.71. The molecule has 3 rings (SSSR count). The van der Waals surface area contributed by atoms with Crippen LogP contribution in [-0.4, -0.2) is 41.6 Å². The maximum atomic E-state index is 12.4. The van der Waals surface area contributed by atoms with Crippen LogP contribution in [0.4, 0.5) is 0 Å². The van der Waals surface area contributed by atoms with Gasteiger partial charge in [-0.3, -0.25) is 4.79 Å². The largest absolute Gasteiger partial charge is 0.353 e. The van der Waals surface area contributed by atoms with E-state index in [2.05, 4.69) is 79.5 Å². The molecule has 0 aliphatic carbocycles. The lowest BCUT2D eigenvalue weighted by molar-refractivity contribution is -0.121. The SMILES string of the molecule is CCN(CC)CCNC(=O)Cn1ccc2ccc(-c3ccc(C)cc3)cc21. The zero-order valence-corrected chi connectivity index (χ0v) is 16.5. The van der Waals surface area contributed by atoms with Gasteiger partial charge < -0.3 is 14.8 Å². The van der Waals surface area contributed by atoms with Gasteiger partial charge in [0, 0.05) is 24.8 Å². The molecule has 3 aromatic rings. The summed E-state index contributed by atoms with van der Waals surface area (Å²) in [5.74, 6) is 0.0559. The van der Waals surface area contributed by atoms with Gasteiger partial charge in [0.15, 0.2) is 0 Å². The lowest BCUT2D eigenvalue weighted by Crippen LogP contribution is -2.36. The summed E-state index contributed by atoms with van der Waals surface area (Å²) in [5, 5.41) is 4.19. The predicted molar refractivity (Wildman–Crippen MR) is 113 cm³/mol. The van der Waals surface area contributed by atoms with Gasteiger partial charge in [-0.05, 0) is 48.7 Å². The summed E-state index contributed by atoms with van der Waals surface area (Å²) in [6.45, 7) is 10.3. The third kappa shape index (κ3) is 4.77. The van der Waals surface area contributed by atoms with Crippen LogP contribution in [0.25, 0.3) is 22.0 Å². The number of rotatable bonds is 8. The van der Waals surface area contributed by atoms with E-state index < -0.39 is 0 Å². The Kier molecular flexibility index (Phi) is 6.30. The van der Waals surface area contributed by atoms with E-state index >= 15 is 0 Å². The van der Waals surface area contributed by atoms with E-state index in [9.17, 15) is 4.79 Å². The summed E-state index contributed by atoms with van der Waals surface area (Å²) in [4.78, 5) is 14.7. The Morgan fingerprint density at radius 2 is 1.70 bits per heavy atom. The van der Waals surface area contributed by atoms with Gasteiger partial charge in [-0.1, -0.05) is 55.8 Å². The fourth-order valence-corrected chi connectivity index (χ4v) is 3.35. The average Bonchev–Trinajstić information content (AvgIpc) is 3.08. The van der Waals surface area contributed by atoms with Crippen LogP contribution in [0, 0.1) is 6.92 Å². The second-order valence-electron chi connectivity index (χ2n) is 6.96. The third-order valence-electron chi connectivity index (χ3n) is 5.12. The molecule has 0 atom stereocenters. The number of amides is 1. The number of hydrogen-bond donors (Lipinski definition) is 1. The fourth-order valence-electron chi connectivity index (χ4n) is 3.35. The first-order chi connectivity index (χ1) is 13.1. The molecule has 0 unspecified atom stereocenters. The summed E-state index contributed by atoms with van der Waals surface area (Å²) in [7, 11) is 0. The van der Waals surface area contributed by atoms with Gasteiger partial charge >= 0.3 is 0 Å². The van der Waals surface area contributed by atoms with Crippen LogP contribution in [0.15, 0.2) is 54.7 Å². The number of carbonyl (C=O) groups is 1. The van der Waals surface area contributed by atoms with Crippen LogP contribution in [0.2, 0.25) is 0 Å². The molecule has 4 heteroatoms. The lowest BCUT2D eigenvalue weighted by atomic mass is 10.0. The van der Waals surface area contributed by atoms with Crippen molar-refractivity contribution in [1.29, 1.82) is 0 Å². The van der Waals surface area contributed by atoms with E-state index in [4.69, 9.17) is 0 Å². The van der Waals surface area contributed by atoms with Gasteiger partial charge in [-0.25, -0.2) is 0 Å².